The molecule has 33 heavy (non-hydrogen) atoms. The number of nitrogens with one attached hydrogen (secondary N) is 2. The van der Waals surface area contributed by atoms with Crippen LogP contribution in [-0.2, 0) is 11.3 Å². The molecular weight excluding hydrogens is 438 g/mol. The molecular formula is C24H23N5O3S. The first-order valence-corrected chi connectivity index (χ1v) is 11.3. The number of hydrogen-bond acceptors (Lipinski definition) is 6. The van der Waals surface area contributed by atoms with Gasteiger partial charge in [0.25, 0.3) is 5.91 Å². The van der Waals surface area contributed by atoms with Crippen LogP contribution in [-0.4, -0.2) is 32.3 Å². The molecule has 0 saturated carbocycles. The maximum Gasteiger partial charge on any atom is 0.287 e. The van der Waals surface area contributed by atoms with Gasteiger partial charge in [-0.2, -0.15) is 0 Å². The molecule has 0 aliphatic rings. The maximum atomic E-state index is 12.6. The van der Waals surface area contributed by atoms with Gasteiger partial charge in [-0.15, -0.1) is 10.2 Å². The Kier molecular flexibility index (Phi) is 6.89. The number of aryl methyl sites for hydroxylation is 2. The molecule has 0 bridgehead atoms. The monoisotopic (exact) mass is 461 g/mol. The van der Waals surface area contributed by atoms with E-state index >= 15 is 0 Å². The van der Waals surface area contributed by atoms with Crippen LogP contribution in [0.15, 0.2) is 76.5 Å². The highest BCUT2D eigenvalue weighted by molar-refractivity contribution is 7.99. The highest BCUT2D eigenvalue weighted by atomic mass is 32.2. The SMILES string of the molecule is Cc1ccc(C)c(NC(=O)CSc2nnc(CNC(=O)c3ccco3)n2-c2ccccc2)c1. The van der Waals surface area contributed by atoms with Gasteiger partial charge in [-0.1, -0.05) is 42.1 Å². The molecule has 168 valence electrons. The van der Waals surface area contributed by atoms with Crippen molar-refractivity contribution in [3.63, 3.8) is 0 Å². The van der Waals surface area contributed by atoms with E-state index in [1.165, 1.54) is 18.0 Å². The van der Waals surface area contributed by atoms with E-state index in [0.717, 1.165) is 22.5 Å². The second-order valence-electron chi connectivity index (χ2n) is 7.38. The van der Waals surface area contributed by atoms with Gasteiger partial charge in [-0.3, -0.25) is 14.2 Å². The molecule has 2 aromatic carbocycles. The summed E-state index contributed by atoms with van der Waals surface area (Å²) in [5.41, 5.74) is 3.71. The number of para-hydroxylation sites is 1. The predicted octanol–water partition coefficient (Wildman–Crippen LogP) is 4.14. The molecule has 2 N–H and O–H groups in total. The smallest absolute Gasteiger partial charge is 0.287 e. The normalized spacial score (nSPS) is 10.7. The topological polar surface area (TPSA) is 102 Å². The van der Waals surface area contributed by atoms with Crippen LogP contribution >= 0.6 is 11.8 Å². The fourth-order valence-corrected chi connectivity index (χ4v) is 3.96. The number of amides is 2. The van der Waals surface area contributed by atoms with Crippen LogP contribution in [0.4, 0.5) is 5.69 Å². The van der Waals surface area contributed by atoms with Crippen LogP contribution in [0.5, 0.6) is 0 Å². The Morgan fingerprint density at radius 2 is 1.85 bits per heavy atom. The van der Waals surface area contributed by atoms with E-state index in [1.54, 1.807) is 12.1 Å². The summed E-state index contributed by atoms with van der Waals surface area (Å²) >= 11 is 1.28. The highest BCUT2D eigenvalue weighted by Crippen LogP contribution is 2.23. The number of carbonyl (C=O) groups excluding carboxylic acids is 2. The molecule has 0 unspecified atom stereocenters. The molecule has 2 amide bonds. The van der Waals surface area contributed by atoms with Gasteiger partial charge in [0.15, 0.2) is 16.7 Å². The quantitative estimate of drug-likeness (QED) is 0.383. The van der Waals surface area contributed by atoms with Crippen molar-refractivity contribution in [3.05, 3.63) is 89.6 Å². The van der Waals surface area contributed by atoms with E-state index in [-0.39, 0.29) is 29.9 Å². The lowest BCUT2D eigenvalue weighted by Gasteiger charge is -2.11. The van der Waals surface area contributed by atoms with Crippen LogP contribution in [0.3, 0.4) is 0 Å². The standard InChI is InChI=1S/C24H23N5O3S/c1-16-10-11-17(2)19(13-16)26-22(30)15-33-24-28-27-21(29(24)18-7-4-3-5-8-18)14-25-23(31)20-9-6-12-32-20/h3-13H,14-15H2,1-2H3,(H,25,31)(H,26,30). The molecule has 4 rings (SSSR count). The van der Waals surface area contributed by atoms with Gasteiger partial charge in [-0.25, -0.2) is 0 Å². The molecule has 8 nitrogen and oxygen atoms in total. The van der Waals surface area contributed by atoms with Gasteiger partial charge < -0.3 is 15.1 Å². The Labute approximate surface area is 195 Å². The molecule has 0 spiro atoms. The predicted molar refractivity (Wildman–Crippen MR) is 127 cm³/mol. The molecule has 0 atom stereocenters. The Bertz CT molecular complexity index is 1250. The fraction of sp³-hybridized carbons (Fsp3) is 0.167. The van der Waals surface area contributed by atoms with E-state index in [9.17, 15) is 9.59 Å². The van der Waals surface area contributed by atoms with E-state index in [4.69, 9.17) is 4.42 Å². The minimum atomic E-state index is -0.343. The molecule has 0 aliphatic heterocycles. The van der Waals surface area contributed by atoms with Gasteiger partial charge in [0.2, 0.25) is 5.91 Å². The molecule has 0 saturated heterocycles. The minimum Gasteiger partial charge on any atom is -0.459 e. The Hall–Kier alpha value is -3.85. The summed E-state index contributed by atoms with van der Waals surface area (Å²) in [7, 11) is 0. The number of rotatable bonds is 8. The summed E-state index contributed by atoms with van der Waals surface area (Å²) in [5.74, 6) is 0.447. The highest BCUT2D eigenvalue weighted by Gasteiger charge is 2.17. The number of hydrogen-bond donors (Lipinski definition) is 2. The van der Waals surface area contributed by atoms with Crippen LogP contribution in [0.25, 0.3) is 5.69 Å². The van der Waals surface area contributed by atoms with Gasteiger partial charge in [-0.05, 0) is 55.3 Å². The number of thioether (sulfide) groups is 1. The number of benzene rings is 2. The molecule has 2 aromatic heterocycles. The lowest BCUT2D eigenvalue weighted by Crippen LogP contribution is -2.24. The molecule has 2 heterocycles. The van der Waals surface area contributed by atoms with E-state index in [0.29, 0.717) is 11.0 Å². The van der Waals surface area contributed by atoms with Crippen molar-refractivity contribution < 1.29 is 14.0 Å². The van der Waals surface area contributed by atoms with Gasteiger partial charge >= 0.3 is 0 Å². The van der Waals surface area contributed by atoms with Gasteiger partial charge in [0.05, 0.1) is 18.6 Å². The van der Waals surface area contributed by atoms with Gasteiger partial charge in [0, 0.05) is 11.4 Å². The number of anilines is 1. The van der Waals surface area contributed by atoms with E-state index < -0.39 is 0 Å². The van der Waals surface area contributed by atoms with Crippen molar-refractivity contribution in [2.75, 3.05) is 11.1 Å². The van der Waals surface area contributed by atoms with Gasteiger partial charge in [0.1, 0.15) is 0 Å². The number of carbonyl (C=O) groups is 2. The van der Waals surface area contributed by atoms with Crippen LogP contribution in [0, 0.1) is 13.8 Å². The van der Waals surface area contributed by atoms with Crippen molar-refractivity contribution in [1.29, 1.82) is 0 Å². The largest absolute Gasteiger partial charge is 0.459 e. The molecule has 0 fully saturated rings. The van der Waals surface area contributed by atoms with Crippen molar-refractivity contribution >= 4 is 29.3 Å². The molecule has 9 heteroatoms. The zero-order valence-corrected chi connectivity index (χ0v) is 19.1. The summed E-state index contributed by atoms with van der Waals surface area (Å²) in [6.07, 6.45) is 1.44. The zero-order valence-electron chi connectivity index (χ0n) is 18.2. The second-order valence-corrected chi connectivity index (χ2v) is 8.33. The summed E-state index contributed by atoms with van der Waals surface area (Å²) in [6.45, 7) is 4.09. The van der Waals surface area contributed by atoms with E-state index in [1.807, 2.05) is 66.9 Å². The summed E-state index contributed by atoms with van der Waals surface area (Å²) in [6, 6.07) is 18.7. The first-order valence-electron chi connectivity index (χ1n) is 10.3. The summed E-state index contributed by atoms with van der Waals surface area (Å²) in [4.78, 5) is 24.8. The average Bonchev–Trinajstić information content (AvgIpc) is 3.49. The molecule has 4 aromatic rings. The average molecular weight is 462 g/mol. The van der Waals surface area contributed by atoms with Crippen LogP contribution < -0.4 is 10.6 Å². The number of furan rings is 1. The zero-order chi connectivity index (χ0) is 23.2. The third-order valence-electron chi connectivity index (χ3n) is 4.87. The van der Waals surface area contributed by atoms with Crippen molar-refractivity contribution in [3.8, 4) is 5.69 Å². The summed E-state index contributed by atoms with van der Waals surface area (Å²) < 4.78 is 6.96. The Morgan fingerprint density at radius 3 is 2.61 bits per heavy atom. The first-order chi connectivity index (χ1) is 16.0. The number of aromatic nitrogens is 3. The third-order valence-corrected chi connectivity index (χ3v) is 5.80. The lowest BCUT2D eigenvalue weighted by atomic mass is 10.1. The van der Waals surface area contributed by atoms with Crippen molar-refractivity contribution in [2.24, 2.45) is 0 Å². The number of nitrogens with zero attached hydrogens (tertiary/aromatic N) is 3. The van der Waals surface area contributed by atoms with Crippen molar-refractivity contribution in [1.82, 2.24) is 20.1 Å². The minimum absolute atomic E-state index is 0.135. The lowest BCUT2D eigenvalue weighted by molar-refractivity contribution is -0.113. The third kappa shape index (κ3) is 5.50. The second kappa shape index (κ2) is 10.2. The first kappa shape index (κ1) is 22.3. The Balaban J connectivity index is 1.48. The fourth-order valence-electron chi connectivity index (χ4n) is 3.19. The maximum absolute atomic E-state index is 12.6. The Morgan fingerprint density at radius 1 is 1.03 bits per heavy atom. The molecule has 0 radical (unpaired) electrons. The summed E-state index contributed by atoms with van der Waals surface area (Å²) in [5, 5.41) is 14.8. The van der Waals surface area contributed by atoms with E-state index in [2.05, 4.69) is 20.8 Å². The van der Waals surface area contributed by atoms with Crippen LogP contribution in [0.2, 0.25) is 0 Å². The molecule has 0 aliphatic carbocycles. The van der Waals surface area contributed by atoms with Crippen molar-refractivity contribution in [2.45, 2.75) is 25.5 Å². The van der Waals surface area contributed by atoms with Crippen LogP contribution in [0.1, 0.15) is 27.5 Å².